The van der Waals surface area contributed by atoms with Gasteiger partial charge in [-0.1, -0.05) is 48.0 Å². The maximum absolute atomic E-state index is 14.2. The van der Waals surface area contributed by atoms with Crippen LogP contribution in [-0.4, -0.2) is 203 Å². The summed E-state index contributed by atoms with van der Waals surface area (Å²) in [5.74, 6) is -14.3. The molecule has 484 valence electrons. The number of nitrogens with one attached hydrogen (secondary N) is 10. The monoisotopic (exact) mass is 1230 g/mol. The summed E-state index contributed by atoms with van der Waals surface area (Å²) in [6.07, 6.45) is 1.03. The molecule has 0 spiro atoms. The third kappa shape index (κ3) is 31.3. The van der Waals surface area contributed by atoms with E-state index in [1.807, 2.05) is 0 Å². The number of carbonyl (C=O) groups excluding carboxylic acids is 12. The number of nitrogens with two attached hydrogens (primary N) is 6. The second kappa shape index (κ2) is 41.6. The van der Waals surface area contributed by atoms with Gasteiger partial charge in [0.2, 0.25) is 70.9 Å². The van der Waals surface area contributed by atoms with E-state index in [4.69, 9.17) is 39.5 Å². The van der Waals surface area contributed by atoms with Crippen LogP contribution in [0.15, 0.2) is 4.99 Å². The number of carboxylic acid groups (broad SMARTS) is 1. The zero-order chi connectivity index (χ0) is 65.1. The summed E-state index contributed by atoms with van der Waals surface area (Å²) in [4.78, 5) is 176. The van der Waals surface area contributed by atoms with Gasteiger partial charge >= 0.3 is 5.97 Å². The molecule has 0 aliphatic heterocycles. The van der Waals surface area contributed by atoms with E-state index in [1.54, 1.807) is 47.8 Å². The first-order valence-electron chi connectivity index (χ1n) is 27.9. The van der Waals surface area contributed by atoms with Crippen molar-refractivity contribution in [1.29, 1.82) is 0 Å². The van der Waals surface area contributed by atoms with Crippen LogP contribution >= 0.6 is 11.8 Å². The molecule has 0 aromatic rings. The number of primary amides is 2. The minimum Gasteiger partial charge on any atom is -0.480 e. The second-order valence-corrected chi connectivity index (χ2v) is 21.9. The van der Waals surface area contributed by atoms with Crippen LogP contribution < -0.4 is 87.6 Å². The van der Waals surface area contributed by atoms with Crippen molar-refractivity contribution in [1.82, 2.24) is 53.2 Å². The molecule has 85 heavy (non-hydrogen) atoms. The van der Waals surface area contributed by atoms with Crippen LogP contribution in [0.25, 0.3) is 0 Å². The molecule has 12 amide bonds. The highest BCUT2D eigenvalue weighted by molar-refractivity contribution is 7.98. The molecule has 34 heteroatoms. The van der Waals surface area contributed by atoms with Crippen LogP contribution in [0.2, 0.25) is 0 Å². The Bertz CT molecular complexity index is 2280. The lowest BCUT2D eigenvalue weighted by Crippen LogP contribution is -2.62. The van der Waals surface area contributed by atoms with E-state index in [2.05, 4.69) is 58.2 Å². The largest absolute Gasteiger partial charge is 0.480 e. The lowest BCUT2D eigenvalue weighted by atomic mass is 9.96. The lowest BCUT2D eigenvalue weighted by molar-refractivity contribution is -0.143. The van der Waals surface area contributed by atoms with E-state index in [-0.39, 0.29) is 82.8 Å². The van der Waals surface area contributed by atoms with Crippen molar-refractivity contribution < 1.29 is 77.6 Å². The summed E-state index contributed by atoms with van der Waals surface area (Å²) in [5, 5.41) is 53.7. The minimum absolute atomic E-state index is 0.0167. The molecule has 0 heterocycles. The summed E-state index contributed by atoms with van der Waals surface area (Å²) in [5.41, 5.74) is 32.6. The lowest BCUT2D eigenvalue weighted by Gasteiger charge is -2.30. The number of nitrogens with zero attached hydrogens (tertiary/aromatic N) is 1. The Hall–Kier alpha value is -7.43. The van der Waals surface area contributed by atoms with Gasteiger partial charge in [0.1, 0.15) is 60.4 Å². The van der Waals surface area contributed by atoms with Crippen LogP contribution in [0.1, 0.15) is 112 Å². The molecule has 0 rings (SSSR count). The smallest absolute Gasteiger partial charge is 0.326 e. The first kappa shape index (κ1) is 77.6. The van der Waals surface area contributed by atoms with Crippen molar-refractivity contribution in [3.8, 4) is 0 Å². The number of aliphatic hydroxyl groups is 2. The highest BCUT2D eigenvalue weighted by Crippen LogP contribution is 2.14. The number of thioether (sulfide) groups is 1. The number of aliphatic carboxylic acids is 1. The molecule has 0 aromatic heterocycles. The van der Waals surface area contributed by atoms with E-state index in [0.717, 1.165) is 0 Å². The van der Waals surface area contributed by atoms with Gasteiger partial charge in [0.05, 0.1) is 26.2 Å². The molecule has 33 nitrogen and oxygen atoms in total. The summed E-state index contributed by atoms with van der Waals surface area (Å²) < 4.78 is 0. The van der Waals surface area contributed by atoms with Gasteiger partial charge in [-0.15, -0.1) is 0 Å². The maximum atomic E-state index is 14.2. The number of carbonyl (C=O) groups is 13. The topological polar surface area (TPSA) is 571 Å². The summed E-state index contributed by atoms with van der Waals surface area (Å²) in [7, 11) is 0. The number of aliphatic imine (C=N–C) groups is 1. The second-order valence-electron chi connectivity index (χ2n) is 20.9. The number of aliphatic hydroxyl groups excluding tert-OH is 2. The number of hydrogen-bond acceptors (Lipinski definition) is 19. The molecular formula is C51H93N17O16S. The van der Waals surface area contributed by atoms with Crippen LogP contribution in [0.4, 0.5) is 0 Å². The third-order valence-corrected chi connectivity index (χ3v) is 13.5. The van der Waals surface area contributed by atoms with Crippen molar-refractivity contribution in [2.45, 2.75) is 173 Å². The molecule has 25 N–H and O–H groups in total. The highest BCUT2D eigenvalue weighted by Gasteiger charge is 2.37. The minimum atomic E-state index is -1.74. The molecule has 0 aromatic carbocycles. The van der Waals surface area contributed by atoms with Gasteiger partial charge in [0, 0.05) is 13.0 Å². The van der Waals surface area contributed by atoms with Gasteiger partial charge in [0.15, 0.2) is 5.96 Å². The first-order chi connectivity index (χ1) is 39.9. The number of unbranched alkanes of at least 4 members (excludes halogenated alkanes) is 1. The number of carboxylic acids is 1. The SMILES string of the molecule is CCC(C)[C@H](NC(=O)[C@H](CO)NC(=O)[C@H](CCSC)NC(=O)[C@H](CCCN=C(N)N)NC(=O)CNC(=O)[C@@H](N)CO)C(=O)N[C@H](C(=O)N[C@@H](CCCCN)C(=O)N[C@@H](CC(N)=O)C(=O)N[C@@H](CC(C)C)C(=O)N[C@@H](CCC(N)=O)C(=O)O)C(C)C. The van der Waals surface area contributed by atoms with E-state index in [1.165, 1.54) is 11.8 Å². The molecule has 1 unspecified atom stereocenters. The van der Waals surface area contributed by atoms with Crippen molar-refractivity contribution >= 4 is 94.6 Å². The normalized spacial score (nSPS) is 15.0. The number of guanidine groups is 1. The quantitative estimate of drug-likeness (QED) is 0.0153. The van der Waals surface area contributed by atoms with E-state index in [0.29, 0.717) is 12.2 Å². The highest BCUT2D eigenvalue weighted by atomic mass is 32.2. The van der Waals surface area contributed by atoms with Crippen molar-refractivity contribution in [2.24, 2.45) is 57.1 Å². The molecule has 0 saturated heterocycles. The zero-order valence-corrected chi connectivity index (χ0v) is 50.3. The molecular weight excluding hydrogens is 1140 g/mol. The fourth-order valence-electron chi connectivity index (χ4n) is 7.87. The maximum Gasteiger partial charge on any atom is 0.326 e. The first-order valence-corrected chi connectivity index (χ1v) is 29.3. The van der Waals surface area contributed by atoms with Crippen molar-refractivity contribution in [3.05, 3.63) is 0 Å². The number of rotatable bonds is 44. The zero-order valence-electron chi connectivity index (χ0n) is 49.5. The number of hydrogen-bond donors (Lipinski definition) is 19. The Kier molecular flexibility index (Phi) is 37.9. The Morgan fingerprint density at radius 1 is 0.529 bits per heavy atom. The van der Waals surface area contributed by atoms with Crippen molar-refractivity contribution in [3.63, 3.8) is 0 Å². The van der Waals surface area contributed by atoms with Crippen LogP contribution in [0.3, 0.4) is 0 Å². The Labute approximate surface area is 498 Å². The molecule has 0 bridgehead atoms. The Balaban J connectivity index is 6.66. The molecule has 0 fully saturated rings. The van der Waals surface area contributed by atoms with Gasteiger partial charge in [-0.2, -0.15) is 11.8 Å². The summed E-state index contributed by atoms with van der Waals surface area (Å²) in [6.45, 7) is 7.74. The molecule has 0 saturated carbocycles. The molecule has 0 aliphatic rings. The van der Waals surface area contributed by atoms with Gasteiger partial charge in [0.25, 0.3) is 0 Å². The van der Waals surface area contributed by atoms with Gasteiger partial charge < -0.3 is 103 Å². The van der Waals surface area contributed by atoms with E-state index >= 15 is 0 Å². The summed E-state index contributed by atoms with van der Waals surface area (Å²) in [6, 6.07) is -14.7. The fraction of sp³-hybridized carbons (Fsp3) is 0.725. The van der Waals surface area contributed by atoms with Gasteiger partial charge in [-0.25, -0.2) is 4.79 Å². The average Bonchev–Trinajstić information content (AvgIpc) is 3.64. The third-order valence-electron chi connectivity index (χ3n) is 12.9. The predicted molar refractivity (Wildman–Crippen MR) is 312 cm³/mol. The average molecular weight is 1230 g/mol. The van der Waals surface area contributed by atoms with Gasteiger partial charge in [-0.05, 0) is 87.7 Å². The molecule has 11 atom stereocenters. The molecule has 0 radical (unpaired) electrons. The predicted octanol–water partition coefficient (Wildman–Crippen LogP) is -7.31. The standard InChI is InChI=1S/C51H93N17O16S/c1-8-27(6)40(68-47(80)35(24-70)66-44(77)31(16-19-85-7)61-42(75)29(13-11-18-58-51(56)57)60-38(73)22-59-41(74)28(53)23-69)49(82)67-39(26(4)5)48(81)62-30(12-9-10-17-52)43(76)65-34(21-37(55)72)46(79)64-33(20-25(2)3)45(78)63-32(50(83)84)14-15-36(54)71/h25-35,39-40,69-70H,8-24,52-53H2,1-7H3,(H2,54,71)(H2,55,72)(H,59,74)(H,60,73)(H,61,75)(H,62,81)(H,63,78)(H,64,79)(H,65,76)(H,66,77)(H,67,82)(H,68,80)(H,83,84)(H4,56,57,58)/t27?,28-,29-,30-,31-,32-,33-,34-,35-,39-,40-/m0/s1. The Morgan fingerprint density at radius 3 is 1.52 bits per heavy atom. The van der Waals surface area contributed by atoms with Crippen molar-refractivity contribution in [2.75, 3.05) is 44.9 Å². The number of amides is 12. The van der Waals surface area contributed by atoms with E-state index in [9.17, 15) is 72.5 Å². The van der Waals surface area contributed by atoms with Crippen LogP contribution in [0.5, 0.6) is 0 Å². The van der Waals surface area contributed by atoms with Crippen LogP contribution in [-0.2, 0) is 62.3 Å². The fourth-order valence-corrected chi connectivity index (χ4v) is 8.34. The Morgan fingerprint density at radius 2 is 1.01 bits per heavy atom. The molecule has 0 aliphatic carbocycles. The van der Waals surface area contributed by atoms with Gasteiger partial charge in [-0.3, -0.25) is 62.5 Å². The van der Waals surface area contributed by atoms with E-state index < -0.39 is 175 Å². The van der Waals surface area contributed by atoms with Crippen LogP contribution in [0, 0.1) is 17.8 Å². The summed E-state index contributed by atoms with van der Waals surface area (Å²) >= 11 is 1.31.